The van der Waals surface area contributed by atoms with E-state index in [-0.39, 0.29) is 0 Å². The fourth-order valence-electron chi connectivity index (χ4n) is 6.50. The number of hydrogen-bond acceptors (Lipinski definition) is 3. The standard InChI is InChI=1S/C31H18N4/c1-2-5-21-17(4-1)12-19-14-20-13-18-7-8-23-29(28(18)25(20)15-24(19)21)22-9-11-32-16-27(22)35-26-6-3-10-33-30(26)34-31(23)35/h1-11,14-16H,12-13H2. The number of nitrogens with zero attached hydrogens (tertiary/aromatic N) is 4. The number of pyridine rings is 3. The minimum Gasteiger partial charge on any atom is -0.288 e. The van der Waals surface area contributed by atoms with Crippen molar-refractivity contribution in [3.63, 3.8) is 0 Å². The molecule has 0 radical (unpaired) electrons. The van der Waals surface area contributed by atoms with Crippen LogP contribution in [0, 0.1) is 0 Å². The molecule has 162 valence electrons. The van der Waals surface area contributed by atoms with Gasteiger partial charge in [0, 0.05) is 28.6 Å². The second-order valence-electron chi connectivity index (χ2n) is 9.71. The Kier molecular flexibility index (Phi) is 3.11. The van der Waals surface area contributed by atoms with Crippen molar-refractivity contribution in [2.24, 2.45) is 0 Å². The van der Waals surface area contributed by atoms with Crippen LogP contribution in [-0.2, 0) is 12.8 Å². The van der Waals surface area contributed by atoms with Crippen molar-refractivity contribution in [1.82, 2.24) is 19.4 Å². The van der Waals surface area contributed by atoms with Crippen LogP contribution in [0.2, 0.25) is 0 Å². The minimum atomic E-state index is 0.764. The van der Waals surface area contributed by atoms with Crippen molar-refractivity contribution >= 4 is 38.5 Å². The van der Waals surface area contributed by atoms with Gasteiger partial charge in [-0.05, 0) is 81.6 Å². The first-order valence-electron chi connectivity index (χ1n) is 12.0. The molecule has 7 aromatic rings. The first kappa shape index (κ1) is 17.8. The van der Waals surface area contributed by atoms with E-state index in [1.807, 2.05) is 24.7 Å². The van der Waals surface area contributed by atoms with E-state index in [9.17, 15) is 0 Å². The second kappa shape index (κ2) is 6.10. The Labute approximate surface area is 200 Å². The molecule has 0 fully saturated rings. The Bertz CT molecular complexity index is 2070. The van der Waals surface area contributed by atoms with Gasteiger partial charge in [-0.2, -0.15) is 0 Å². The molecule has 0 saturated carbocycles. The Morgan fingerprint density at radius 1 is 0.657 bits per heavy atom. The van der Waals surface area contributed by atoms with Crippen LogP contribution in [0.25, 0.3) is 60.7 Å². The van der Waals surface area contributed by atoms with E-state index in [2.05, 4.69) is 75.0 Å². The molecule has 35 heavy (non-hydrogen) atoms. The lowest BCUT2D eigenvalue weighted by molar-refractivity contribution is 1.21. The van der Waals surface area contributed by atoms with E-state index < -0.39 is 0 Å². The number of hydrogen-bond donors (Lipinski definition) is 0. The molecule has 0 saturated heterocycles. The van der Waals surface area contributed by atoms with E-state index in [0.29, 0.717) is 0 Å². The van der Waals surface area contributed by atoms with Crippen LogP contribution in [0.1, 0.15) is 22.3 Å². The van der Waals surface area contributed by atoms with Gasteiger partial charge in [-0.1, -0.05) is 42.5 Å². The van der Waals surface area contributed by atoms with Crippen molar-refractivity contribution in [3.05, 3.63) is 108 Å². The van der Waals surface area contributed by atoms with Crippen LogP contribution >= 0.6 is 0 Å². The van der Waals surface area contributed by atoms with Crippen LogP contribution in [0.5, 0.6) is 0 Å². The third-order valence-electron chi connectivity index (χ3n) is 7.94. The van der Waals surface area contributed by atoms with Gasteiger partial charge in [0.1, 0.15) is 5.65 Å². The van der Waals surface area contributed by atoms with E-state index in [1.165, 1.54) is 55.3 Å². The van der Waals surface area contributed by atoms with Gasteiger partial charge in [-0.15, -0.1) is 0 Å². The third-order valence-corrected chi connectivity index (χ3v) is 7.94. The minimum absolute atomic E-state index is 0.764. The molecule has 2 aliphatic rings. The highest BCUT2D eigenvalue weighted by atomic mass is 15.1. The zero-order valence-electron chi connectivity index (χ0n) is 18.8. The number of benzene rings is 3. The van der Waals surface area contributed by atoms with E-state index >= 15 is 0 Å². The predicted octanol–water partition coefficient (Wildman–Crippen LogP) is 6.73. The lowest BCUT2D eigenvalue weighted by Gasteiger charge is -2.13. The highest BCUT2D eigenvalue weighted by Crippen LogP contribution is 2.48. The maximum Gasteiger partial charge on any atom is 0.178 e. The Morgan fingerprint density at radius 2 is 1.57 bits per heavy atom. The van der Waals surface area contributed by atoms with E-state index in [0.717, 1.165) is 40.6 Å². The van der Waals surface area contributed by atoms with E-state index in [4.69, 9.17) is 4.98 Å². The normalized spacial score (nSPS) is 13.5. The summed E-state index contributed by atoms with van der Waals surface area (Å²) in [5, 5.41) is 3.64. The van der Waals surface area contributed by atoms with Crippen molar-refractivity contribution in [2.45, 2.75) is 12.8 Å². The second-order valence-corrected chi connectivity index (χ2v) is 9.71. The molecule has 0 N–H and O–H groups in total. The zero-order valence-corrected chi connectivity index (χ0v) is 18.8. The van der Waals surface area contributed by atoms with Crippen molar-refractivity contribution in [2.75, 3.05) is 0 Å². The Hall–Kier alpha value is -4.57. The van der Waals surface area contributed by atoms with Gasteiger partial charge >= 0.3 is 0 Å². The van der Waals surface area contributed by atoms with Crippen molar-refractivity contribution in [3.8, 4) is 22.3 Å². The Balaban J connectivity index is 1.46. The van der Waals surface area contributed by atoms with Crippen LogP contribution < -0.4 is 0 Å². The van der Waals surface area contributed by atoms with Gasteiger partial charge in [0.15, 0.2) is 5.65 Å². The summed E-state index contributed by atoms with van der Waals surface area (Å²) < 4.78 is 2.22. The summed E-state index contributed by atoms with van der Waals surface area (Å²) in [5.74, 6) is 0. The fraction of sp³-hybridized carbons (Fsp3) is 0.0645. The van der Waals surface area contributed by atoms with Gasteiger partial charge in [0.05, 0.1) is 17.2 Å². The van der Waals surface area contributed by atoms with Crippen molar-refractivity contribution in [1.29, 1.82) is 0 Å². The first-order chi connectivity index (χ1) is 17.3. The van der Waals surface area contributed by atoms with Gasteiger partial charge in [-0.3, -0.25) is 9.38 Å². The van der Waals surface area contributed by atoms with Crippen LogP contribution in [0.4, 0.5) is 0 Å². The highest BCUT2D eigenvalue weighted by Gasteiger charge is 2.28. The quantitative estimate of drug-likeness (QED) is 0.243. The molecular weight excluding hydrogens is 428 g/mol. The van der Waals surface area contributed by atoms with Gasteiger partial charge in [0.2, 0.25) is 0 Å². The maximum atomic E-state index is 4.99. The largest absolute Gasteiger partial charge is 0.288 e. The summed E-state index contributed by atoms with van der Waals surface area (Å²) in [7, 11) is 0. The molecule has 0 aliphatic heterocycles. The molecular formula is C31H18N4. The molecule has 9 rings (SSSR count). The molecule has 3 aromatic carbocycles. The summed E-state index contributed by atoms with van der Waals surface area (Å²) in [5.41, 5.74) is 14.9. The molecule has 0 unspecified atom stereocenters. The summed E-state index contributed by atoms with van der Waals surface area (Å²) >= 11 is 0. The topological polar surface area (TPSA) is 43.1 Å². The molecule has 4 nitrogen and oxygen atoms in total. The lowest BCUT2D eigenvalue weighted by Crippen LogP contribution is -1.94. The number of fused-ring (bicyclic) bond motifs is 15. The fourth-order valence-corrected chi connectivity index (χ4v) is 6.50. The SMILES string of the molecule is c1ccc2c(c1)Cc1cc3c(cc1-2)-c1c(ccc2c1c1ccncc1n1c4cccnc4nc21)C3. The molecule has 4 heteroatoms. The monoisotopic (exact) mass is 446 g/mol. The van der Waals surface area contributed by atoms with Crippen LogP contribution in [0.15, 0.2) is 85.3 Å². The summed E-state index contributed by atoms with van der Waals surface area (Å²) in [4.78, 5) is 14.0. The molecule has 4 aromatic heterocycles. The molecule has 0 amide bonds. The summed E-state index contributed by atoms with van der Waals surface area (Å²) in [6.07, 6.45) is 7.67. The number of aromatic nitrogens is 4. The van der Waals surface area contributed by atoms with E-state index in [1.54, 1.807) is 0 Å². The molecule has 4 heterocycles. The molecule has 0 atom stereocenters. The van der Waals surface area contributed by atoms with Gasteiger partial charge < -0.3 is 0 Å². The first-order valence-corrected chi connectivity index (χ1v) is 12.0. The van der Waals surface area contributed by atoms with Gasteiger partial charge in [-0.25, -0.2) is 9.97 Å². The predicted molar refractivity (Wildman–Crippen MR) is 140 cm³/mol. The lowest BCUT2D eigenvalue weighted by atomic mass is 9.93. The number of rotatable bonds is 0. The molecule has 2 aliphatic carbocycles. The van der Waals surface area contributed by atoms with Crippen LogP contribution in [-0.4, -0.2) is 19.4 Å². The maximum absolute atomic E-state index is 4.99. The number of imidazole rings is 1. The van der Waals surface area contributed by atoms with Crippen molar-refractivity contribution < 1.29 is 0 Å². The highest BCUT2D eigenvalue weighted by molar-refractivity contribution is 6.20. The summed E-state index contributed by atoms with van der Waals surface area (Å²) in [6, 6.07) is 24.5. The van der Waals surface area contributed by atoms with Crippen LogP contribution in [0.3, 0.4) is 0 Å². The smallest absolute Gasteiger partial charge is 0.178 e. The third kappa shape index (κ3) is 2.15. The Morgan fingerprint density at radius 3 is 2.57 bits per heavy atom. The average Bonchev–Trinajstić information content (AvgIpc) is 3.58. The molecule has 0 spiro atoms. The summed E-state index contributed by atoms with van der Waals surface area (Å²) in [6.45, 7) is 0. The average molecular weight is 447 g/mol. The zero-order chi connectivity index (χ0) is 22.7. The van der Waals surface area contributed by atoms with Gasteiger partial charge in [0.25, 0.3) is 0 Å². The molecule has 0 bridgehead atoms.